The van der Waals surface area contributed by atoms with Crippen molar-refractivity contribution in [3.8, 4) is 17.2 Å². The van der Waals surface area contributed by atoms with Crippen LogP contribution in [-0.4, -0.2) is 23.1 Å². The molecule has 0 amide bonds. The van der Waals surface area contributed by atoms with E-state index in [1.807, 2.05) is 6.92 Å². The highest BCUT2D eigenvalue weighted by Crippen LogP contribution is 2.31. The fraction of sp³-hybridized carbons (Fsp3) is 0.350. The number of benzene rings is 2. The first-order valence-corrected chi connectivity index (χ1v) is 8.99. The number of carbonyl (C=O) groups is 1. The maximum absolute atomic E-state index is 12.3. The molecule has 0 aliphatic carbocycles. The smallest absolute Gasteiger partial charge is 0.416 e. The highest BCUT2D eigenvalue weighted by Gasteiger charge is 2.30. The van der Waals surface area contributed by atoms with Crippen LogP contribution in [-0.2, 0) is 15.7 Å². The predicted octanol–water partition coefficient (Wildman–Crippen LogP) is 6.16. The summed E-state index contributed by atoms with van der Waals surface area (Å²) in [6.07, 6.45) is -3.23. The first kappa shape index (κ1) is 23.6. The molecule has 2 aromatic carbocycles. The minimum Gasteiger partial charge on any atom is -0.508 e. The maximum atomic E-state index is 12.3. The van der Waals surface area contributed by atoms with Gasteiger partial charge in [-0.25, -0.2) is 0 Å². The number of esters is 1. The Hall–Kier alpha value is -2.41. The minimum atomic E-state index is -4.35. The molecule has 0 heterocycles. The Morgan fingerprint density at radius 2 is 1.57 bits per heavy atom. The number of phenolic OH excluding ortho intramolecular Hbond substituents is 1. The van der Waals surface area contributed by atoms with Crippen LogP contribution in [0.15, 0.2) is 48.5 Å². The molecule has 0 saturated heterocycles. The Bertz CT molecular complexity index is 714. The molecule has 1 N–H and O–H groups in total. The molecule has 0 spiro atoms. The summed E-state index contributed by atoms with van der Waals surface area (Å²) in [6.45, 7) is 4.11. The van der Waals surface area contributed by atoms with Crippen molar-refractivity contribution < 1.29 is 32.5 Å². The monoisotopic (exact) mass is 418 g/mol. The van der Waals surface area contributed by atoms with E-state index < -0.39 is 11.7 Å². The second-order valence-electron chi connectivity index (χ2n) is 5.74. The van der Waals surface area contributed by atoms with Gasteiger partial charge in [-0.05, 0) is 68.8 Å². The Kier molecular flexibility index (Phi) is 9.65. The molecule has 0 aliphatic heterocycles. The Balaban J connectivity index is 0.000000336. The molecule has 0 saturated carbocycles. The third kappa shape index (κ3) is 9.50. The number of halogens is 4. The molecule has 2 rings (SSSR count). The molecule has 2 aromatic rings. The lowest BCUT2D eigenvalue weighted by Crippen LogP contribution is -2.05. The molecule has 0 aromatic heterocycles. The second-order valence-corrected chi connectivity index (χ2v) is 6.49. The van der Waals surface area contributed by atoms with Crippen molar-refractivity contribution >= 4 is 17.6 Å². The van der Waals surface area contributed by atoms with E-state index in [-0.39, 0.29) is 17.1 Å². The van der Waals surface area contributed by atoms with Gasteiger partial charge in [0, 0.05) is 11.8 Å². The van der Waals surface area contributed by atoms with Crippen LogP contribution in [0.5, 0.6) is 17.2 Å². The lowest BCUT2D eigenvalue weighted by molar-refractivity contribution is -0.143. The molecular weight excluding hydrogens is 397 g/mol. The zero-order valence-electron chi connectivity index (χ0n) is 15.5. The third-order valence-electron chi connectivity index (χ3n) is 3.31. The molecule has 28 heavy (non-hydrogen) atoms. The second kappa shape index (κ2) is 11.4. The molecular formula is C20H22ClF3O4. The van der Waals surface area contributed by atoms with Gasteiger partial charge in [-0.3, -0.25) is 4.79 Å². The van der Waals surface area contributed by atoms with Gasteiger partial charge in [0.15, 0.2) is 0 Å². The van der Waals surface area contributed by atoms with Gasteiger partial charge in [-0.2, -0.15) is 13.2 Å². The van der Waals surface area contributed by atoms with Gasteiger partial charge in [0.1, 0.15) is 17.2 Å². The van der Waals surface area contributed by atoms with Crippen molar-refractivity contribution in [2.24, 2.45) is 0 Å². The van der Waals surface area contributed by atoms with Crippen LogP contribution in [0.2, 0.25) is 0 Å². The molecule has 0 fully saturated rings. The molecule has 0 radical (unpaired) electrons. The van der Waals surface area contributed by atoms with Gasteiger partial charge in [0.25, 0.3) is 0 Å². The number of alkyl halides is 4. The Morgan fingerprint density at radius 3 is 2.00 bits per heavy atom. The van der Waals surface area contributed by atoms with Gasteiger partial charge < -0.3 is 14.6 Å². The van der Waals surface area contributed by atoms with E-state index in [1.54, 1.807) is 6.92 Å². The van der Waals surface area contributed by atoms with Gasteiger partial charge in [-0.1, -0.05) is 0 Å². The van der Waals surface area contributed by atoms with E-state index in [4.69, 9.17) is 26.2 Å². The first-order chi connectivity index (χ1) is 13.1. The number of rotatable bonds is 6. The number of carbonyl (C=O) groups excluding carboxylic acids is 1. The van der Waals surface area contributed by atoms with Crippen LogP contribution in [0.25, 0.3) is 0 Å². The maximum Gasteiger partial charge on any atom is 0.416 e. The van der Waals surface area contributed by atoms with Crippen molar-refractivity contribution in [3.63, 3.8) is 0 Å². The predicted molar refractivity (Wildman–Crippen MR) is 101 cm³/mol. The summed E-state index contributed by atoms with van der Waals surface area (Å²) in [5.74, 6) is 0.672. The van der Waals surface area contributed by atoms with Crippen molar-refractivity contribution in [2.45, 2.75) is 38.2 Å². The SMILES string of the molecule is CCOC(=O)CCC(C)Cl.Oc1ccc(Oc2ccc(C(F)(F)F)cc2)cc1. The molecule has 0 bridgehead atoms. The lowest BCUT2D eigenvalue weighted by Gasteiger charge is -2.08. The van der Waals surface area contributed by atoms with Crippen LogP contribution in [0.3, 0.4) is 0 Å². The van der Waals surface area contributed by atoms with E-state index in [0.717, 1.165) is 12.1 Å². The average molecular weight is 419 g/mol. The summed E-state index contributed by atoms with van der Waals surface area (Å²) in [6, 6.07) is 10.3. The molecule has 1 atom stereocenters. The normalized spacial score (nSPS) is 11.8. The number of hydrogen-bond acceptors (Lipinski definition) is 4. The molecule has 154 valence electrons. The van der Waals surface area contributed by atoms with E-state index in [1.165, 1.54) is 36.4 Å². The van der Waals surface area contributed by atoms with Crippen LogP contribution < -0.4 is 4.74 Å². The average Bonchev–Trinajstić information content (AvgIpc) is 2.62. The summed E-state index contributed by atoms with van der Waals surface area (Å²) in [5.41, 5.74) is -0.722. The van der Waals surface area contributed by atoms with Crippen LogP contribution in [0.1, 0.15) is 32.3 Å². The van der Waals surface area contributed by atoms with Crippen molar-refractivity contribution in [3.05, 3.63) is 54.1 Å². The Morgan fingerprint density at radius 1 is 1.07 bits per heavy atom. The zero-order valence-corrected chi connectivity index (χ0v) is 16.3. The number of ether oxygens (including phenoxy) is 2. The highest BCUT2D eigenvalue weighted by molar-refractivity contribution is 6.20. The topological polar surface area (TPSA) is 55.8 Å². The number of phenols is 1. The van der Waals surface area contributed by atoms with E-state index in [9.17, 15) is 18.0 Å². The summed E-state index contributed by atoms with van der Waals surface area (Å²) < 4.78 is 47.0. The summed E-state index contributed by atoms with van der Waals surface area (Å²) >= 11 is 5.61. The van der Waals surface area contributed by atoms with Crippen molar-refractivity contribution in [2.75, 3.05) is 6.61 Å². The molecule has 0 aliphatic rings. The third-order valence-corrected chi connectivity index (χ3v) is 3.52. The van der Waals surface area contributed by atoms with E-state index in [0.29, 0.717) is 30.9 Å². The summed E-state index contributed by atoms with van der Waals surface area (Å²) in [4.78, 5) is 10.7. The van der Waals surface area contributed by atoms with Gasteiger partial charge in [0.05, 0.1) is 12.2 Å². The highest BCUT2D eigenvalue weighted by atomic mass is 35.5. The first-order valence-electron chi connectivity index (χ1n) is 8.55. The summed E-state index contributed by atoms with van der Waals surface area (Å²) in [7, 11) is 0. The zero-order chi connectivity index (χ0) is 21.2. The fourth-order valence-corrected chi connectivity index (χ4v) is 2.02. The quantitative estimate of drug-likeness (QED) is 0.451. The van der Waals surface area contributed by atoms with Crippen LogP contribution in [0.4, 0.5) is 13.2 Å². The molecule has 8 heteroatoms. The largest absolute Gasteiger partial charge is 0.508 e. The van der Waals surface area contributed by atoms with Gasteiger partial charge in [-0.15, -0.1) is 11.6 Å². The van der Waals surface area contributed by atoms with Crippen LogP contribution >= 0.6 is 11.6 Å². The van der Waals surface area contributed by atoms with Crippen LogP contribution in [0, 0.1) is 0 Å². The van der Waals surface area contributed by atoms with Gasteiger partial charge in [0.2, 0.25) is 0 Å². The fourth-order valence-electron chi connectivity index (χ4n) is 1.91. The van der Waals surface area contributed by atoms with Crippen molar-refractivity contribution in [1.82, 2.24) is 0 Å². The van der Waals surface area contributed by atoms with Crippen molar-refractivity contribution in [1.29, 1.82) is 0 Å². The van der Waals surface area contributed by atoms with E-state index >= 15 is 0 Å². The van der Waals surface area contributed by atoms with Gasteiger partial charge >= 0.3 is 12.1 Å². The standard InChI is InChI=1S/C13H9F3O2.C7H13ClO2/c14-13(15,16)9-1-5-11(6-2-9)18-12-7-3-10(17)4-8-12;1-3-10-7(9)5-4-6(2)8/h1-8,17H;6H,3-5H2,1-2H3. The number of hydrogen-bond donors (Lipinski definition) is 1. The Labute approximate surface area is 166 Å². The number of aromatic hydroxyl groups is 1. The lowest BCUT2D eigenvalue weighted by atomic mass is 10.2. The van der Waals surface area contributed by atoms with E-state index in [2.05, 4.69) is 0 Å². The summed E-state index contributed by atoms with van der Waals surface area (Å²) in [5, 5.41) is 9.13. The molecule has 4 nitrogen and oxygen atoms in total. The molecule has 1 unspecified atom stereocenters. The minimum absolute atomic E-state index is 0.0596.